The monoisotopic (exact) mass is 414 g/mol. The summed E-state index contributed by atoms with van der Waals surface area (Å²) in [6.07, 6.45) is 6.01. The Balaban J connectivity index is 1.65. The van der Waals surface area contributed by atoms with Crippen LogP contribution in [-0.4, -0.2) is 23.6 Å². The van der Waals surface area contributed by atoms with Crippen LogP contribution in [0.15, 0.2) is 30.3 Å². The highest BCUT2D eigenvalue weighted by Gasteiger charge is 2.27. The molecule has 0 saturated carbocycles. The van der Waals surface area contributed by atoms with Crippen molar-refractivity contribution in [1.82, 2.24) is 5.32 Å². The first-order valence-corrected chi connectivity index (χ1v) is 10.4. The van der Waals surface area contributed by atoms with Crippen molar-refractivity contribution in [3.63, 3.8) is 0 Å². The Kier molecular flexibility index (Phi) is 6.59. The number of carbonyl (C=O) groups is 2. The van der Waals surface area contributed by atoms with Crippen LogP contribution in [0.2, 0.25) is 0 Å². The average molecular weight is 415 g/mol. The van der Waals surface area contributed by atoms with Crippen LogP contribution in [0.4, 0.5) is 5.00 Å². The van der Waals surface area contributed by atoms with Crippen LogP contribution in [0.5, 0.6) is 0 Å². The Labute approximate surface area is 173 Å². The zero-order valence-corrected chi connectivity index (χ0v) is 17.5. The maximum absolute atomic E-state index is 12.4. The molecule has 0 spiro atoms. The van der Waals surface area contributed by atoms with Gasteiger partial charge >= 0.3 is 5.97 Å². The van der Waals surface area contributed by atoms with Gasteiger partial charge in [-0.1, -0.05) is 29.8 Å². The molecular formula is C21H22N2O3S2. The molecule has 0 saturated heterocycles. The minimum absolute atomic E-state index is 0.157. The Morgan fingerprint density at radius 2 is 2.00 bits per heavy atom. The molecule has 3 rings (SSSR count). The van der Waals surface area contributed by atoms with Gasteiger partial charge in [-0.15, -0.1) is 11.3 Å². The molecule has 0 fully saturated rings. The molecule has 0 bridgehead atoms. The smallest absolute Gasteiger partial charge is 0.341 e. The van der Waals surface area contributed by atoms with Crippen LogP contribution in [0, 0.1) is 6.92 Å². The first-order chi connectivity index (χ1) is 13.5. The molecule has 0 radical (unpaired) electrons. The molecule has 1 heterocycles. The Bertz CT molecular complexity index is 930. The minimum Gasteiger partial charge on any atom is -0.462 e. The summed E-state index contributed by atoms with van der Waals surface area (Å²) in [5.74, 6) is -0.683. The molecule has 5 nitrogen and oxygen atoms in total. The molecule has 2 N–H and O–H groups in total. The molecule has 0 atom stereocenters. The summed E-state index contributed by atoms with van der Waals surface area (Å²) in [7, 11) is 0. The summed E-state index contributed by atoms with van der Waals surface area (Å²) in [6.45, 7) is 4.10. The van der Waals surface area contributed by atoms with E-state index in [0.717, 1.165) is 36.0 Å². The third-order valence-corrected chi connectivity index (χ3v) is 5.78. The van der Waals surface area contributed by atoms with Gasteiger partial charge in [-0.25, -0.2) is 4.79 Å². The molecule has 1 aliphatic carbocycles. The molecule has 0 aliphatic heterocycles. The van der Waals surface area contributed by atoms with E-state index in [2.05, 4.69) is 10.6 Å². The highest BCUT2D eigenvalue weighted by atomic mass is 32.1. The fourth-order valence-corrected chi connectivity index (χ4v) is 4.60. The number of anilines is 1. The summed E-state index contributed by atoms with van der Waals surface area (Å²) in [4.78, 5) is 25.7. The minimum atomic E-state index is -0.349. The quantitative estimate of drug-likeness (QED) is 0.435. The van der Waals surface area contributed by atoms with E-state index in [0.29, 0.717) is 17.2 Å². The van der Waals surface area contributed by atoms with E-state index < -0.39 is 0 Å². The summed E-state index contributed by atoms with van der Waals surface area (Å²) < 4.78 is 5.20. The van der Waals surface area contributed by atoms with Gasteiger partial charge in [-0.3, -0.25) is 10.1 Å². The van der Waals surface area contributed by atoms with E-state index in [1.807, 2.05) is 31.2 Å². The maximum atomic E-state index is 12.4. The van der Waals surface area contributed by atoms with Crippen LogP contribution in [-0.2, 0) is 22.4 Å². The fourth-order valence-electron chi connectivity index (χ4n) is 3.05. The van der Waals surface area contributed by atoms with E-state index in [1.54, 1.807) is 13.0 Å². The second-order valence-corrected chi connectivity index (χ2v) is 7.98. The van der Waals surface area contributed by atoms with Crippen molar-refractivity contribution in [1.29, 1.82) is 0 Å². The number of esters is 1. The highest BCUT2D eigenvalue weighted by molar-refractivity contribution is 7.80. The molecule has 1 aromatic carbocycles. The number of nitrogens with one attached hydrogen (secondary N) is 2. The first-order valence-electron chi connectivity index (χ1n) is 9.16. The maximum Gasteiger partial charge on any atom is 0.341 e. The molecule has 28 heavy (non-hydrogen) atoms. The lowest BCUT2D eigenvalue weighted by molar-refractivity contribution is -0.115. The van der Waals surface area contributed by atoms with E-state index in [9.17, 15) is 9.59 Å². The number of fused-ring (bicyclic) bond motifs is 1. The normalized spacial score (nSPS) is 12.6. The van der Waals surface area contributed by atoms with Gasteiger partial charge in [0.2, 0.25) is 5.91 Å². The molecule has 1 amide bonds. The summed E-state index contributed by atoms with van der Waals surface area (Å²) >= 11 is 6.76. The van der Waals surface area contributed by atoms with Crippen molar-refractivity contribution < 1.29 is 14.3 Å². The van der Waals surface area contributed by atoms with Gasteiger partial charge < -0.3 is 10.1 Å². The van der Waals surface area contributed by atoms with Gasteiger partial charge in [0, 0.05) is 11.0 Å². The standard InChI is InChI=1S/C21H22N2O3S2/c1-3-26-20(25)18-15-5-4-6-16(15)28-19(18)23-21(27)22-17(24)12-11-14-9-7-13(2)8-10-14/h7-12H,3-6H2,1-2H3,(H2,22,23,24,27)/b12-11+. The van der Waals surface area contributed by atoms with Gasteiger partial charge in [0.15, 0.2) is 5.11 Å². The Morgan fingerprint density at radius 3 is 2.71 bits per heavy atom. The molecule has 1 aromatic heterocycles. The second-order valence-electron chi connectivity index (χ2n) is 6.47. The first kappa shape index (κ1) is 20.2. The second kappa shape index (κ2) is 9.12. The third-order valence-electron chi connectivity index (χ3n) is 4.37. The van der Waals surface area contributed by atoms with E-state index >= 15 is 0 Å². The number of thiocarbonyl (C=S) groups is 1. The van der Waals surface area contributed by atoms with Crippen molar-refractivity contribution in [2.24, 2.45) is 0 Å². The van der Waals surface area contributed by atoms with Gasteiger partial charge in [0.25, 0.3) is 0 Å². The zero-order valence-electron chi connectivity index (χ0n) is 15.8. The lowest BCUT2D eigenvalue weighted by Gasteiger charge is -2.10. The molecule has 0 unspecified atom stereocenters. The van der Waals surface area contributed by atoms with Gasteiger partial charge in [0.1, 0.15) is 5.00 Å². The molecule has 146 valence electrons. The summed E-state index contributed by atoms with van der Waals surface area (Å²) in [5.41, 5.74) is 3.68. The average Bonchev–Trinajstić information content (AvgIpc) is 3.21. The number of ether oxygens (including phenoxy) is 1. The highest BCUT2D eigenvalue weighted by Crippen LogP contribution is 2.39. The number of carbonyl (C=O) groups excluding carboxylic acids is 2. The number of thiophene rings is 1. The molecule has 2 aromatic rings. The predicted molar refractivity (Wildman–Crippen MR) is 117 cm³/mol. The van der Waals surface area contributed by atoms with Gasteiger partial charge in [-0.05, 0) is 62.5 Å². The molecular weight excluding hydrogens is 392 g/mol. The van der Waals surface area contributed by atoms with Crippen molar-refractivity contribution in [2.75, 3.05) is 11.9 Å². The topological polar surface area (TPSA) is 67.4 Å². The van der Waals surface area contributed by atoms with Crippen LogP contribution in [0.3, 0.4) is 0 Å². The number of hydrogen-bond acceptors (Lipinski definition) is 5. The van der Waals surface area contributed by atoms with E-state index in [1.165, 1.54) is 22.3 Å². The Hall–Kier alpha value is -2.51. The summed E-state index contributed by atoms with van der Waals surface area (Å²) in [5, 5.41) is 6.41. The SMILES string of the molecule is CCOC(=O)c1c(NC(=S)NC(=O)/C=C/c2ccc(C)cc2)sc2c1CCC2. The van der Waals surface area contributed by atoms with Gasteiger partial charge in [0.05, 0.1) is 12.2 Å². The number of aryl methyl sites for hydroxylation is 2. The van der Waals surface area contributed by atoms with Crippen molar-refractivity contribution in [3.8, 4) is 0 Å². The van der Waals surface area contributed by atoms with E-state index in [-0.39, 0.29) is 17.0 Å². The van der Waals surface area contributed by atoms with Crippen molar-refractivity contribution >= 4 is 51.6 Å². The zero-order chi connectivity index (χ0) is 20.1. The molecule has 1 aliphatic rings. The number of benzene rings is 1. The number of amides is 1. The lowest BCUT2D eigenvalue weighted by Crippen LogP contribution is -2.33. The van der Waals surface area contributed by atoms with Gasteiger partial charge in [-0.2, -0.15) is 0 Å². The molecule has 7 heteroatoms. The van der Waals surface area contributed by atoms with Crippen molar-refractivity contribution in [2.45, 2.75) is 33.1 Å². The fraction of sp³-hybridized carbons (Fsp3) is 0.286. The lowest BCUT2D eigenvalue weighted by atomic mass is 10.1. The van der Waals surface area contributed by atoms with Crippen LogP contribution >= 0.6 is 23.6 Å². The van der Waals surface area contributed by atoms with Crippen LogP contribution in [0.1, 0.15) is 45.3 Å². The predicted octanol–water partition coefficient (Wildman–Crippen LogP) is 4.25. The van der Waals surface area contributed by atoms with Crippen LogP contribution < -0.4 is 10.6 Å². The van der Waals surface area contributed by atoms with Crippen LogP contribution in [0.25, 0.3) is 6.08 Å². The van der Waals surface area contributed by atoms with E-state index in [4.69, 9.17) is 17.0 Å². The Morgan fingerprint density at radius 1 is 1.25 bits per heavy atom. The number of hydrogen-bond donors (Lipinski definition) is 2. The third kappa shape index (κ3) is 4.85. The van der Waals surface area contributed by atoms with Crippen molar-refractivity contribution in [3.05, 3.63) is 57.5 Å². The number of rotatable bonds is 5. The summed E-state index contributed by atoms with van der Waals surface area (Å²) in [6, 6.07) is 7.84. The largest absolute Gasteiger partial charge is 0.462 e.